The fourth-order valence-corrected chi connectivity index (χ4v) is 4.24. The van der Waals surface area contributed by atoms with Crippen molar-refractivity contribution in [3.05, 3.63) is 45.2 Å². The molecule has 1 amide bonds. The van der Waals surface area contributed by atoms with Crippen molar-refractivity contribution in [2.75, 3.05) is 6.54 Å². The van der Waals surface area contributed by atoms with Gasteiger partial charge < -0.3 is 4.90 Å². The Morgan fingerprint density at radius 2 is 2.36 bits per heavy atom. The molecule has 5 nitrogen and oxygen atoms in total. The normalized spacial score (nSPS) is 18.0. The Morgan fingerprint density at radius 1 is 1.41 bits per heavy atom. The molecule has 0 spiro atoms. The van der Waals surface area contributed by atoms with E-state index >= 15 is 0 Å². The number of carbonyl (C=O) groups excluding carboxylic acids is 1. The van der Waals surface area contributed by atoms with E-state index in [1.165, 1.54) is 0 Å². The Hall–Kier alpha value is -1.99. The lowest BCUT2D eigenvalue weighted by atomic mass is 10.2. The van der Waals surface area contributed by atoms with Gasteiger partial charge >= 0.3 is 0 Å². The number of thiophene rings is 1. The minimum atomic E-state index is 0.00618. The van der Waals surface area contributed by atoms with E-state index in [4.69, 9.17) is 0 Å². The summed E-state index contributed by atoms with van der Waals surface area (Å²) in [6, 6.07) is 3.94. The van der Waals surface area contributed by atoms with E-state index < -0.39 is 0 Å². The summed E-state index contributed by atoms with van der Waals surface area (Å²) in [5.74, 6) is 0.00618. The predicted molar refractivity (Wildman–Crippen MR) is 87.0 cm³/mol. The van der Waals surface area contributed by atoms with Crippen molar-refractivity contribution in [2.24, 2.45) is 0 Å². The number of H-pyrrole nitrogens is 1. The van der Waals surface area contributed by atoms with Crippen molar-refractivity contribution in [3.8, 4) is 11.3 Å². The van der Waals surface area contributed by atoms with Crippen LogP contribution in [0.2, 0.25) is 0 Å². The SMILES string of the molecule is O=C(c1cc(-c2ccsc2)n[nH]1)N1CCCC1c1nccs1. The molecule has 7 heteroatoms. The minimum Gasteiger partial charge on any atom is -0.328 e. The Labute approximate surface area is 135 Å². The van der Waals surface area contributed by atoms with Crippen LogP contribution in [0.4, 0.5) is 0 Å². The Kier molecular flexibility index (Phi) is 3.51. The lowest BCUT2D eigenvalue weighted by molar-refractivity contribution is 0.0729. The molecule has 4 rings (SSSR count). The van der Waals surface area contributed by atoms with Crippen LogP contribution in [-0.2, 0) is 0 Å². The standard InChI is InChI=1S/C15H14N4OS2/c20-15(12-8-11(17-18-12)10-3-6-21-9-10)19-5-1-2-13(19)14-16-4-7-22-14/h3-4,6-9,13H,1-2,5H2,(H,17,18). The van der Waals surface area contributed by atoms with Gasteiger partial charge in [-0.25, -0.2) is 4.98 Å². The molecule has 22 heavy (non-hydrogen) atoms. The molecule has 112 valence electrons. The molecular formula is C15H14N4OS2. The van der Waals surface area contributed by atoms with Gasteiger partial charge in [-0.2, -0.15) is 16.4 Å². The van der Waals surface area contributed by atoms with Gasteiger partial charge in [0.25, 0.3) is 5.91 Å². The van der Waals surface area contributed by atoms with Crippen molar-refractivity contribution in [2.45, 2.75) is 18.9 Å². The number of thiazole rings is 1. The number of aromatic nitrogens is 3. The van der Waals surface area contributed by atoms with Crippen molar-refractivity contribution >= 4 is 28.6 Å². The summed E-state index contributed by atoms with van der Waals surface area (Å²) in [4.78, 5) is 19.0. The molecule has 1 unspecified atom stereocenters. The number of hydrogen-bond donors (Lipinski definition) is 1. The molecule has 3 aromatic heterocycles. The van der Waals surface area contributed by atoms with Crippen LogP contribution in [0.25, 0.3) is 11.3 Å². The summed E-state index contributed by atoms with van der Waals surface area (Å²) < 4.78 is 0. The van der Waals surface area contributed by atoms with E-state index in [2.05, 4.69) is 15.2 Å². The largest absolute Gasteiger partial charge is 0.328 e. The van der Waals surface area contributed by atoms with Crippen LogP contribution in [0.1, 0.15) is 34.4 Å². The first-order chi connectivity index (χ1) is 10.8. The number of nitrogens with one attached hydrogen (secondary N) is 1. The lowest BCUT2D eigenvalue weighted by Gasteiger charge is -2.22. The third kappa shape index (κ3) is 2.36. The van der Waals surface area contributed by atoms with E-state index in [0.717, 1.165) is 35.7 Å². The van der Waals surface area contributed by atoms with Crippen molar-refractivity contribution in [1.82, 2.24) is 20.1 Å². The van der Waals surface area contributed by atoms with Gasteiger partial charge in [0.2, 0.25) is 0 Å². The average molecular weight is 330 g/mol. The first kappa shape index (κ1) is 13.7. The lowest BCUT2D eigenvalue weighted by Crippen LogP contribution is -2.30. The highest BCUT2D eigenvalue weighted by atomic mass is 32.1. The molecule has 3 aromatic rings. The highest BCUT2D eigenvalue weighted by Crippen LogP contribution is 2.34. The second-order valence-corrected chi connectivity index (χ2v) is 6.91. The van der Waals surface area contributed by atoms with Crippen LogP contribution < -0.4 is 0 Å². The number of amides is 1. The molecule has 0 aromatic carbocycles. The monoisotopic (exact) mass is 330 g/mol. The van der Waals surface area contributed by atoms with E-state index in [1.807, 2.05) is 33.2 Å². The van der Waals surface area contributed by atoms with E-state index in [0.29, 0.717) is 5.69 Å². The van der Waals surface area contributed by atoms with Crippen LogP contribution in [0, 0.1) is 0 Å². The predicted octanol–water partition coefficient (Wildman–Crippen LogP) is 3.57. The van der Waals surface area contributed by atoms with Crippen molar-refractivity contribution in [3.63, 3.8) is 0 Å². The van der Waals surface area contributed by atoms with Crippen molar-refractivity contribution in [1.29, 1.82) is 0 Å². The average Bonchev–Trinajstić information content (AvgIpc) is 3.35. The molecule has 0 bridgehead atoms. The van der Waals surface area contributed by atoms with Crippen LogP contribution in [0.5, 0.6) is 0 Å². The Balaban J connectivity index is 1.59. The number of hydrogen-bond acceptors (Lipinski definition) is 5. The van der Waals surface area contributed by atoms with Gasteiger partial charge in [-0.05, 0) is 30.4 Å². The summed E-state index contributed by atoms with van der Waals surface area (Å²) in [6.07, 6.45) is 3.79. The smallest absolute Gasteiger partial charge is 0.272 e. The molecular weight excluding hydrogens is 316 g/mol. The van der Waals surface area contributed by atoms with Gasteiger partial charge in [0.05, 0.1) is 11.7 Å². The fourth-order valence-electron chi connectivity index (χ4n) is 2.81. The zero-order valence-electron chi connectivity index (χ0n) is 11.7. The zero-order valence-corrected chi connectivity index (χ0v) is 13.4. The van der Waals surface area contributed by atoms with E-state index in [9.17, 15) is 4.79 Å². The van der Waals surface area contributed by atoms with Crippen LogP contribution in [0.15, 0.2) is 34.5 Å². The molecule has 0 saturated carbocycles. The summed E-state index contributed by atoms with van der Waals surface area (Å²) in [5.41, 5.74) is 2.40. The van der Waals surface area contributed by atoms with Gasteiger partial charge in [0.15, 0.2) is 0 Å². The molecule has 4 heterocycles. The second-order valence-electron chi connectivity index (χ2n) is 5.21. The molecule has 1 saturated heterocycles. The number of carbonyl (C=O) groups is 1. The molecule has 0 radical (unpaired) electrons. The third-order valence-electron chi connectivity index (χ3n) is 3.88. The number of rotatable bonds is 3. The summed E-state index contributed by atoms with van der Waals surface area (Å²) in [7, 11) is 0. The first-order valence-electron chi connectivity index (χ1n) is 7.11. The number of likely N-dealkylation sites (tertiary alicyclic amines) is 1. The number of aromatic amines is 1. The molecule has 1 aliphatic rings. The van der Waals surface area contributed by atoms with Gasteiger partial charge in [-0.1, -0.05) is 0 Å². The topological polar surface area (TPSA) is 61.9 Å². The summed E-state index contributed by atoms with van der Waals surface area (Å²) >= 11 is 3.23. The molecule has 1 fully saturated rings. The highest BCUT2D eigenvalue weighted by molar-refractivity contribution is 7.09. The Morgan fingerprint density at radius 3 is 3.14 bits per heavy atom. The van der Waals surface area contributed by atoms with Crippen molar-refractivity contribution < 1.29 is 4.79 Å². The minimum absolute atomic E-state index is 0.00618. The van der Waals surface area contributed by atoms with E-state index in [-0.39, 0.29) is 11.9 Å². The van der Waals surface area contributed by atoms with Gasteiger partial charge in [0, 0.05) is 29.1 Å². The van der Waals surface area contributed by atoms with Gasteiger partial charge in [0.1, 0.15) is 10.7 Å². The van der Waals surface area contributed by atoms with Crippen LogP contribution in [0.3, 0.4) is 0 Å². The van der Waals surface area contributed by atoms with Gasteiger partial charge in [-0.3, -0.25) is 9.89 Å². The first-order valence-corrected chi connectivity index (χ1v) is 8.93. The van der Waals surface area contributed by atoms with Gasteiger partial charge in [-0.15, -0.1) is 11.3 Å². The zero-order chi connectivity index (χ0) is 14.9. The summed E-state index contributed by atoms with van der Waals surface area (Å²) in [6.45, 7) is 0.774. The van der Waals surface area contributed by atoms with Crippen LogP contribution in [-0.4, -0.2) is 32.5 Å². The van der Waals surface area contributed by atoms with E-state index in [1.54, 1.807) is 28.9 Å². The maximum Gasteiger partial charge on any atom is 0.272 e. The number of nitrogens with zero attached hydrogens (tertiary/aromatic N) is 3. The third-order valence-corrected chi connectivity index (χ3v) is 5.44. The highest BCUT2D eigenvalue weighted by Gasteiger charge is 2.32. The van der Waals surface area contributed by atoms with Crippen LogP contribution >= 0.6 is 22.7 Å². The summed E-state index contributed by atoms with van der Waals surface area (Å²) in [5, 5.41) is 14.2. The maximum absolute atomic E-state index is 12.8. The Bertz CT molecular complexity index is 763. The quantitative estimate of drug-likeness (QED) is 0.798. The molecule has 1 aliphatic heterocycles. The molecule has 0 aliphatic carbocycles. The second kappa shape index (κ2) is 5.66. The molecule has 1 atom stereocenters. The maximum atomic E-state index is 12.8. The fraction of sp³-hybridized carbons (Fsp3) is 0.267. The molecule has 1 N–H and O–H groups in total.